The highest BCUT2D eigenvalue weighted by molar-refractivity contribution is 7.13. The van der Waals surface area contributed by atoms with Crippen LogP contribution in [-0.2, 0) is 0 Å². The average molecular weight is 325 g/mol. The zero-order valence-electron chi connectivity index (χ0n) is 12.4. The highest BCUT2D eigenvalue weighted by Crippen LogP contribution is 2.26. The number of nitrogens with one attached hydrogen (secondary N) is 1. The molecule has 0 fully saturated rings. The monoisotopic (exact) mass is 325 g/mol. The van der Waals surface area contributed by atoms with Crippen LogP contribution in [0.25, 0.3) is 0 Å². The molecule has 0 aliphatic carbocycles. The summed E-state index contributed by atoms with van der Waals surface area (Å²) in [6.45, 7) is 1.87. The van der Waals surface area contributed by atoms with Crippen molar-refractivity contribution in [2.75, 3.05) is 11.1 Å². The standard InChI is InChI=1S/C17H15N3O2S/c1-11-10-23-17(19-11)20-16(21)14-9-13(7-8-15(14)18)22-12-5-3-2-4-6-12/h2-10H,18H2,1H3,(H,19,20,21). The van der Waals surface area contributed by atoms with Crippen molar-refractivity contribution in [1.82, 2.24) is 4.98 Å². The van der Waals surface area contributed by atoms with E-state index in [0.29, 0.717) is 27.9 Å². The molecule has 5 nitrogen and oxygen atoms in total. The topological polar surface area (TPSA) is 77.2 Å². The van der Waals surface area contributed by atoms with E-state index in [9.17, 15) is 4.79 Å². The molecule has 0 saturated heterocycles. The van der Waals surface area contributed by atoms with Crippen LogP contribution in [0.3, 0.4) is 0 Å². The molecule has 0 atom stereocenters. The first-order chi connectivity index (χ1) is 11.1. The molecular formula is C17H15N3O2S. The molecule has 1 aromatic heterocycles. The Labute approximate surface area is 137 Å². The second-order valence-corrected chi connectivity index (χ2v) is 5.77. The van der Waals surface area contributed by atoms with Gasteiger partial charge in [0, 0.05) is 11.1 Å². The summed E-state index contributed by atoms with van der Waals surface area (Å²) in [5.41, 5.74) is 7.51. The third-order valence-electron chi connectivity index (χ3n) is 3.09. The SMILES string of the molecule is Cc1csc(NC(=O)c2cc(Oc3ccccc3)ccc2N)n1. The summed E-state index contributed by atoms with van der Waals surface area (Å²) in [4.78, 5) is 16.6. The van der Waals surface area contributed by atoms with E-state index >= 15 is 0 Å². The van der Waals surface area contributed by atoms with Crippen molar-refractivity contribution in [2.24, 2.45) is 0 Å². The first-order valence-electron chi connectivity index (χ1n) is 6.98. The lowest BCUT2D eigenvalue weighted by molar-refractivity contribution is 0.102. The van der Waals surface area contributed by atoms with Gasteiger partial charge in [0.1, 0.15) is 11.5 Å². The number of nitrogen functional groups attached to an aromatic ring is 1. The molecule has 0 spiro atoms. The van der Waals surface area contributed by atoms with Crippen LogP contribution in [0.1, 0.15) is 16.1 Å². The molecule has 116 valence electrons. The van der Waals surface area contributed by atoms with Gasteiger partial charge in [-0.1, -0.05) is 18.2 Å². The molecule has 1 amide bonds. The molecule has 1 heterocycles. The Balaban J connectivity index is 1.81. The van der Waals surface area contributed by atoms with E-state index in [0.717, 1.165) is 5.69 Å². The van der Waals surface area contributed by atoms with Crippen LogP contribution < -0.4 is 15.8 Å². The van der Waals surface area contributed by atoms with E-state index in [1.165, 1.54) is 11.3 Å². The summed E-state index contributed by atoms with van der Waals surface area (Å²) in [5.74, 6) is 0.931. The number of carbonyl (C=O) groups excluding carboxylic acids is 1. The van der Waals surface area contributed by atoms with Gasteiger partial charge in [-0.25, -0.2) is 4.98 Å². The minimum Gasteiger partial charge on any atom is -0.457 e. The maximum atomic E-state index is 12.4. The highest BCUT2D eigenvalue weighted by Gasteiger charge is 2.13. The van der Waals surface area contributed by atoms with E-state index in [1.807, 2.05) is 42.6 Å². The number of para-hydroxylation sites is 1. The lowest BCUT2D eigenvalue weighted by atomic mass is 10.1. The van der Waals surface area contributed by atoms with Crippen molar-refractivity contribution >= 4 is 28.1 Å². The molecule has 6 heteroatoms. The number of anilines is 2. The fraction of sp³-hybridized carbons (Fsp3) is 0.0588. The number of nitrogens with two attached hydrogens (primary N) is 1. The maximum Gasteiger partial charge on any atom is 0.259 e. The van der Waals surface area contributed by atoms with Gasteiger partial charge in [0.25, 0.3) is 5.91 Å². The summed E-state index contributed by atoms with van der Waals surface area (Å²) in [6, 6.07) is 14.4. The Kier molecular flexibility index (Phi) is 4.25. The van der Waals surface area contributed by atoms with Crippen LogP contribution in [0.15, 0.2) is 53.9 Å². The quantitative estimate of drug-likeness (QED) is 0.709. The van der Waals surface area contributed by atoms with Crippen LogP contribution in [0.4, 0.5) is 10.8 Å². The second kappa shape index (κ2) is 6.50. The Hall–Kier alpha value is -2.86. The zero-order chi connectivity index (χ0) is 16.2. The van der Waals surface area contributed by atoms with Crippen molar-refractivity contribution < 1.29 is 9.53 Å². The Morgan fingerprint density at radius 1 is 1.17 bits per heavy atom. The van der Waals surface area contributed by atoms with Gasteiger partial charge in [-0.2, -0.15) is 0 Å². The number of amides is 1. The van der Waals surface area contributed by atoms with Crippen LogP contribution in [0.2, 0.25) is 0 Å². The molecule has 3 N–H and O–H groups in total. The molecule has 0 aliphatic rings. The van der Waals surface area contributed by atoms with E-state index in [-0.39, 0.29) is 5.91 Å². The molecule has 0 saturated carbocycles. The molecule has 0 unspecified atom stereocenters. The number of rotatable bonds is 4. The summed E-state index contributed by atoms with van der Waals surface area (Å²) in [6.07, 6.45) is 0. The first-order valence-corrected chi connectivity index (χ1v) is 7.86. The number of thiazole rings is 1. The molecule has 2 aromatic carbocycles. The van der Waals surface area contributed by atoms with E-state index < -0.39 is 0 Å². The number of nitrogens with zero attached hydrogens (tertiary/aromatic N) is 1. The van der Waals surface area contributed by atoms with Crippen LogP contribution in [0.5, 0.6) is 11.5 Å². The summed E-state index contributed by atoms with van der Waals surface area (Å²) >= 11 is 1.37. The van der Waals surface area contributed by atoms with E-state index in [4.69, 9.17) is 10.5 Å². The number of hydrogen-bond acceptors (Lipinski definition) is 5. The number of benzene rings is 2. The fourth-order valence-electron chi connectivity index (χ4n) is 2.00. The molecule has 3 rings (SSSR count). The minimum atomic E-state index is -0.310. The highest BCUT2D eigenvalue weighted by atomic mass is 32.1. The van der Waals surface area contributed by atoms with Crippen molar-refractivity contribution in [2.45, 2.75) is 6.92 Å². The number of carbonyl (C=O) groups is 1. The summed E-state index contributed by atoms with van der Waals surface area (Å²) in [7, 11) is 0. The van der Waals surface area contributed by atoms with E-state index in [2.05, 4.69) is 10.3 Å². The van der Waals surface area contributed by atoms with Gasteiger partial charge in [0.2, 0.25) is 0 Å². The third-order valence-corrected chi connectivity index (χ3v) is 3.96. The largest absolute Gasteiger partial charge is 0.457 e. The van der Waals surface area contributed by atoms with Gasteiger partial charge in [0.05, 0.1) is 11.3 Å². The van der Waals surface area contributed by atoms with Crippen LogP contribution >= 0.6 is 11.3 Å². The van der Waals surface area contributed by atoms with Crippen molar-refractivity contribution in [1.29, 1.82) is 0 Å². The summed E-state index contributed by atoms with van der Waals surface area (Å²) in [5, 5.41) is 5.16. The van der Waals surface area contributed by atoms with Gasteiger partial charge in [0.15, 0.2) is 5.13 Å². The van der Waals surface area contributed by atoms with Crippen LogP contribution in [0, 0.1) is 6.92 Å². The number of ether oxygens (including phenoxy) is 1. The van der Waals surface area contributed by atoms with E-state index in [1.54, 1.807) is 18.2 Å². The lowest BCUT2D eigenvalue weighted by Crippen LogP contribution is -2.14. The Morgan fingerprint density at radius 2 is 1.96 bits per heavy atom. The molecule has 0 radical (unpaired) electrons. The second-order valence-electron chi connectivity index (χ2n) is 4.91. The molecule has 0 bridgehead atoms. The Bertz CT molecular complexity index is 831. The normalized spacial score (nSPS) is 10.3. The predicted molar refractivity (Wildman–Crippen MR) is 92.2 cm³/mol. The van der Waals surface area contributed by atoms with Gasteiger partial charge in [-0.3, -0.25) is 10.1 Å². The predicted octanol–water partition coefficient (Wildman–Crippen LogP) is 4.08. The molecule has 0 aliphatic heterocycles. The maximum absolute atomic E-state index is 12.4. The average Bonchev–Trinajstić information content (AvgIpc) is 2.95. The third kappa shape index (κ3) is 3.67. The lowest BCUT2D eigenvalue weighted by Gasteiger charge is -2.09. The Morgan fingerprint density at radius 3 is 2.65 bits per heavy atom. The minimum absolute atomic E-state index is 0.310. The van der Waals surface area contributed by atoms with Crippen molar-refractivity contribution in [3.8, 4) is 11.5 Å². The number of aryl methyl sites for hydroxylation is 1. The number of aromatic nitrogens is 1. The summed E-state index contributed by atoms with van der Waals surface area (Å²) < 4.78 is 5.73. The fourth-order valence-corrected chi connectivity index (χ4v) is 2.68. The first kappa shape index (κ1) is 15.1. The molecule has 23 heavy (non-hydrogen) atoms. The van der Waals surface area contributed by atoms with Gasteiger partial charge in [-0.15, -0.1) is 11.3 Å². The molecular weight excluding hydrogens is 310 g/mol. The zero-order valence-corrected chi connectivity index (χ0v) is 13.3. The molecule has 3 aromatic rings. The smallest absolute Gasteiger partial charge is 0.259 e. The number of hydrogen-bond donors (Lipinski definition) is 2. The van der Waals surface area contributed by atoms with Gasteiger partial charge >= 0.3 is 0 Å². The van der Waals surface area contributed by atoms with Crippen LogP contribution in [-0.4, -0.2) is 10.9 Å². The van der Waals surface area contributed by atoms with Crippen molar-refractivity contribution in [3.63, 3.8) is 0 Å². The van der Waals surface area contributed by atoms with Crippen molar-refractivity contribution in [3.05, 3.63) is 65.2 Å². The van der Waals surface area contributed by atoms with Gasteiger partial charge < -0.3 is 10.5 Å². The van der Waals surface area contributed by atoms with Gasteiger partial charge in [-0.05, 0) is 37.3 Å².